The summed E-state index contributed by atoms with van der Waals surface area (Å²) in [5, 5.41) is 7.39. The van der Waals surface area contributed by atoms with Crippen LogP contribution < -0.4 is 10.2 Å². The average molecular weight is 410 g/mol. The third-order valence-corrected chi connectivity index (χ3v) is 5.53. The van der Waals surface area contributed by atoms with Crippen molar-refractivity contribution in [3.63, 3.8) is 0 Å². The number of benzene rings is 1. The van der Waals surface area contributed by atoms with Crippen molar-refractivity contribution in [2.75, 3.05) is 42.7 Å². The summed E-state index contributed by atoms with van der Waals surface area (Å²) < 4.78 is 1.74. The van der Waals surface area contributed by atoms with Gasteiger partial charge in [0.25, 0.3) is 0 Å². The molecule has 3 aromatic rings. The summed E-state index contributed by atoms with van der Waals surface area (Å²) in [6, 6.07) is 11.7. The minimum atomic E-state index is -0.0710. The Balaban J connectivity index is 1.37. The van der Waals surface area contributed by atoms with Crippen molar-refractivity contribution in [3.8, 4) is 5.82 Å². The summed E-state index contributed by atoms with van der Waals surface area (Å²) >= 11 is 1.65. The molecule has 0 atom stereocenters. The standard InChI is InChI=1S/C20H23N7OS/c1-15-6-7-27(24-15)19-13-18(21-14-22-19)25-8-10-26(11-9-25)20(28)23-16-4-3-5-17(12-16)29-2/h3-7,12-14H,8-11H2,1-2H3,(H,23,28). The Bertz CT molecular complexity index is 998. The first-order chi connectivity index (χ1) is 14.1. The zero-order chi connectivity index (χ0) is 20.2. The molecule has 0 radical (unpaired) electrons. The molecular formula is C20H23N7OS. The topological polar surface area (TPSA) is 79.2 Å². The molecule has 1 saturated heterocycles. The Hall–Kier alpha value is -3.07. The highest BCUT2D eigenvalue weighted by molar-refractivity contribution is 7.98. The van der Waals surface area contributed by atoms with Gasteiger partial charge < -0.3 is 15.1 Å². The molecule has 8 nitrogen and oxygen atoms in total. The molecule has 1 fully saturated rings. The number of aromatic nitrogens is 4. The van der Waals surface area contributed by atoms with Gasteiger partial charge in [0.05, 0.1) is 5.69 Å². The number of rotatable bonds is 4. The van der Waals surface area contributed by atoms with Crippen molar-refractivity contribution < 1.29 is 4.79 Å². The van der Waals surface area contributed by atoms with Crippen LogP contribution in [0, 0.1) is 6.92 Å². The minimum Gasteiger partial charge on any atom is -0.353 e. The lowest BCUT2D eigenvalue weighted by atomic mass is 10.3. The number of hydrogen-bond acceptors (Lipinski definition) is 6. The van der Waals surface area contributed by atoms with Crippen LogP contribution in [0.2, 0.25) is 0 Å². The first kappa shape index (κ1) is 19.3. The lowest BCUT2D eigenvalue weighted by Gasteiger charge is -2.35. The van der Waals surface area contributed by atoms with Crippen molar-refractivity contribution in [3.05, 3.63) is 54.6 Å². The van der Waals surface area contributed by atoms with Crippen LogP contribution in [-0.2, 0) is 0 Å². The number of carbonyl (C=O) groups is 1. The first-order valence-electron chi connectivity index (χ1n) is 9.42. The van der Waals surface area contributed by atoms with Crippen molar-refractivity contribution in [1.29, 1.82) is 0 Å². The van der Waals surface area contributed by atoms with Crippen LogP contribution in [0.4, 0.5) is 16.3 Å². The lowest BCUT2D eigenvalue weighted by Crippen LogP contribution is -2.50. The Kier molecular flexibility index (Phi) is 5.66. The predicted molar refractivity (Wildman–Crippen MR) is 115 cm³/mol. The SMILES string of the molecule is CSc1cccc(NC(=O)N2CCN(c3cc(-n4ccc(C)n4)ncn3)CC2)c1. The number of piperazine rings is 1. The van der Waals surface area contributed by atoms with E-state index in [4.69, 9.17) is 0 Å². The summed E-state index contributed by atoms with van der Waals surface area (Å²) in [7, 11) is 0. The van der Waals surface area contributed by atoms with Gasteiger partial charge in [-0.1, -0.05) is 6.07 Å². The molecule has 0 bridgehead atoms. The van der Waals surface area contributed by atoms with Gasteiger partial charge >= 0.3 is 6.03 Å². The van der Waals surface area contributed by atoms with Crippen molar-refractivity contribution in [1.82, 2.24) is 24.6 Å². The normalized spacial score (nSPS) is 14.1. The number of nitrogens with zero attached hydrogens (tertiary/aromatic N) is 6. The van der Waals surface area contributed by atoms with Gasteiger partial charge in [0, 0.05) is 49.0 Å². The fraction of sp³-hybridized carbons (Fsp3) is 0.300. The number of carbonyl (C=O) groups excluding carboxylic acids is 1. The van der Waals surface area contributed by atoms with Gasteiger partial charge in [0.2, 0.25) is 0 Å². The molecule has 1 aliphatic rings. The molecule has 0 saturated carbocycles. The van der Waals surface area contributed by atoms with Crippen LogP contribution in [0.3, 0.4) is 0 Å². The maximum Gasteiger partial charge on any atom is 0.321 e. The number of thioether (sulfide) groups is 1. The largest absolute Gasteiger partial charge is 0.353 e. The zero-order valence-electron chi connectivity index (χ0n) is 16.4. The fourth-order valence-corrected chi connectivity index (χ4v) is 3.68. The second-order valence-corrected chi connectivity index (χ2v) is 7.65. The molecule has 2 amide bonds. The monoisotopic (exact) mass is 409 g/mol. The molecule has 1 aliphatic heterocycles. The van der Waals surface area contributed by atoms with E-state index in [1.165, 1.54) is 0 Å². The number of aryl methyl sites for hydroxylation is 1. The summed E-state index contributed by atoms with van der Waals surface area (Å²) in [6.07, 6.45) is 5.46. The van der Waals surface area contributed by atoms with Crippen LogP contribution in [0.5, 0.6) is 0 Å². The van der Waals surface area contributed by atoms with Gasteiger partial charge in [-0.2, -0.15) is 5.10 Å². The number of nitrogens with one attached hydrogen (secondary N) is 1. The molecule has 9 heteroatoms. The second-order valence-electron chi connectivity index (χ2n) is 6.77. The van der Waals surface area contributed by atoms with Crippen molar-refractivity contribution in [2.24, 2.45) is 0 Å². The molecule has 2 aromatic heterocycles. The highest BCUT2D eigenvalue weighted by atomic mass is 32.2. The summed E-state index contributed by atoms with van der Waals surface area (Å²) in [5.74, 6) is 1.58. The van der Waals surface area contributed by atoms with Gasteiger partial charge in [-0.25, -0.2) is 19.4 Å². The smallest absolute Gasteiger partial charge is 0.321 e. The number of anilines is 2. The summed E-state index contributed by atoms with van der Waals surface area (Å²) in [6.45, 7) is 4.64. The Labute approximate surface area is 173 Å². The van der Waals surface area contributed by atoms with E-state index in [-0.39, 0.29) is 6.03 Å². The molecule has 29 heavy (non-hydrogen) atoms. The maximum atomic E-state index is 12.6. The predicted octanol–water partition coefficient (Wildman–Crippen LogP) is 3.05. The van der Waals surface area contributed by atoms with E-state index in [1.807, 2.05) is 60.7 Å². The van der Waals surface area contributed by atoms with Gasteiger partial charge in [-0.05, 0) is 37.4 Å². The fourth-order valence-electron chi connectivity index (χ4n) is 3.22. The summed E-state index contributed by atoms with van der Waals surface area (Å²) in [4.78, 5) is 26.4. The van der Waals surface area contributed by atoms with E-state index < -0.39 is 0 Å². The van der Waals surface area contributed by atoms with Gasteiger partial charge in [-0.3, -0.25) is 0 Å². The van der Waals surface area contributed by atoms with E-state index in [2.05, 4.69) is 25.3 Å². The summed E-state index contributed by atoms with van der Waals surface area (Å²) in [5.41, 5.74) is 1.76. The number of amides is 2. The third kappa shape index (κ3) is 4.51. The second kappa shape index (κ2) is 8.52. The average Bonchev–Trinajstić information content (AvgIpc) is 3.20. The Morgan fingerprint density at radius 3 is 2.59 bits per heavy atom. The van der Waals surface area contributed by atoms with Crippen molar-refractivity contribution in [2.45, 2.75) is 11.8 Å². The molecule has 4 rings (SSSR count). The van der Waals surface area contributed by atoms with Gasteiger partial charge in [0.1, 0.15) is 12.1 Å². The molecule has 150 valence electrons. The molecular weight excluding hydrogens is 386 g/mol. The van der Waals surface area contributed by atoms with Gasteiger partial charge in [-0.15, -0.1) is 11.8 Å². The van der Waals surface area contributed by atoms with Crippen LogP contribution in [0.15, 0.2) is 53.8 Å². The van der Waals surface area contributed by atoms with Crippen LogP contribution in [-0.4, -0.2) is 63.1 Å². The Morgan fingerprint density at radius 2 is 1.86 bits per heavy atom. The van der Waals surface area contributed by atoms with E-state index >= 15 is 0 Å². The zero-order valence-corrected chi connectivity index (χ0v) is 17.3. The van der Waals surface area contributed by atoms with E-state index in [0.29, 0.717) is 26.2 Å². The third-order valence-electron chi connectivity index (χ3n) is 4.81. The van der Waals surface area contributed by atoms with Crippen molar-refractivity contribution >= 4 is 29.3 Å². The minimum absolute atomic E-state index is 0.0710. The molecule has 0 spiro atoms. The molecule has 0 aliphatic carbocycles. The highest BCUT2D eigenvalue weighted by Gasteiger charge is 2.22. The number of urea groups is 1. The van der Waals surface area contributed by atoms with Crippen LogP contribution in [0.1, 0.15) is 5.69 Å². The quantitative estimate of drug-likeness (QED) is 0.667. The molecule has 0 unspecified atom stereocenters. The van der Waals surface area contributed by atoms with Crippen LogP contribution >= 0.6 is 11.8 Å². The molecule has 1 aromatic carbocycles. The molecule has 1 N–H and O–H groups in total. The van der Waals surface area contributed by atoms with Crippen LogP contribution in [0.25, 0.3) is 5.82 Å². The first-order valence-corrected chi connectivity index (χ1v) is 10.6. The molecule has 3 heterocycles. The van der Waals surface area contributed by atoms with E-state index in [0.717, 1.165) is 27.9 Å². The maximum absolute atomic E-state index is 12.6. The van der Waals surface area contributed by atoms with E-state index in [9.17, 15) is 4.79 Å². The van der Waals surface area contributed by atoms with E-state index in [1.54, 1.807) is 22.8 Å². The number of hydrogen-bond donors (Lipinski definition) is 1. The van der Waals surface area contributed by atoms with Gasteiger partial charge in [0.15, 0.2) is 5.82 Å². The highest BCUT2D eigenvalue weighted by Crippen LogP contribution is 2.20. The Morgan fingerprint density at radius 1 is 1.07 bits per heavy atom. The lowest BCUT2D eigenvalue weighted by molar-refractivity contribution is 0.208.